The molecule has 1 fully saturated rings. The van der Waals surface area contributed by atoms with Gasteiger partial charge in [-0.3, -0.25) is 0 Å². The Labute approximate surface area is 113 Å². The average molecular weight is 282 g/mol. The molecule has 0 aromatic heterocycles. The van der Waals surface area contributed by atoms with Crippen LogP contribution in [-0.4, -0.2) is 38.5 Å². The van der Waals surface area contributed by atoms with Crippen molar-refractivity contribution in [3.63, 3.8) is 0 Å². The molecule has 0 spiro atoms. The topological polar surface area (TPSA) is 72.6 Å². The van der Waals surface area contributed by atoms with Gasteiger partial charge in [0.2, 0.25) is 10.0 Å². The summed E-state index contributed by atoms with van der Waals surface area (Å²) in [7, 11) is -3.42. The van der Waals surface area contributed by atoms with E-state index in [1.807, 2.05) is 0 Å². The van der Waals surface area contributed by atoms with Crippen LogP contribution in [-0.2, 0) is 16.4 Å². The standard InChI is InChI=1S/C13H18N2O3S/c14-9-11-2-1-6-15(11)19(16,17)12-3-4-13-10(8-12)5-7-18-13/h3-4,8,11H,1-2,5-7,9,14H2. The molecule has 1 saturated heterocycles. The third-order valence-electron chi connectivity index (χ3n) is 3.86. The van der Waals surface area contributed by atoms with E-state index >= 15 is 0 Å². The van der Waals surface area contributed by atoms with Crippen LogP contribution in [0.5, 0.6) is 5.75 Å². The zero-order valence-corrected chi connectivity index (χ0v) is 11.5. The Morgan fingerprint density at radius 1 is 1.42 bits per heavy atom. The van der Waals surface area contributed by atoms with Crippen LogP contribution in [0.25, 0.3) is 0 Å². The molecule has 104 valence electrons. The Bertz CT molecular complexity index is 586. The van der Waals surface area contributed by atoms with Gasteiger partial charge in [0.1, 0.15) is 5.75 Å². The lowest BCUT2D eigenvalue weighted by Crippen LogP contribution is -2.39. The van der Waals surface area contributed by atoms with Crippen molar-refractivity contribution in [2.75, 3.05) is 19.7 Å². The highest BCUT2D eigenvalue weighted by atomic mass is 32.2. The molecule has 2 aliphatic heterocycles. The van der Waals surface area contributed by atoms with E-state index in [9.17, 15) is 8.42 Å². The van der Waals surface area contributed by atoms with Crippen molar-refractivity contribution in [2.45, 2.75) is 30.2 Å². The SMILES string of the molecule is NCC1CCCN1S(=O)(=O)c1ccc2c(c1)CCO2. The first kappa shape index (κ1) is 12.9. The molecule has 19 heavy (non-hydrogen) atoms. The lowest BCUT2D eigenvalue weighted by molar-refractivity contribution is 0.356. The van der Waals surface area contributed by atoms with Gasteiger partial charge < -0.3 is 10.5 Å². The fourth-order valence-corrected chi connectivity index (χ4v) is 4.58. The highest BCUT2D eigenvalue weighted by Gasteiger charge is 2.34. The van der Waals surface area contributed by atoms with Gasteiger partial charge in [0.25, 0.3) is 0 Å². The molecule has 0 amide bonds. The van der Waals surface area contributed by atoms with Crippen molar-refractivity contribution in [1.82, 2.24) is 4.31 Å². The zero-order chi connectivity index (χ0) is 13.5. The van der Waals surface area contributed by atoms with Crippen LogP contribution in [0.1, 0.15) is 18.4 Å². The molecule has 0 radical (unpaired) electrons. The second-order valence-electron chi connectivity index (χ2n) is 5.02. The van der Waals surface area contributed by atoms with Gasteiger partial charge in [0, 0.05) is 25.6 Å². The Kier molecular flexibility index (Phi) is 3.24. The summed E-state index contributed by atoms with van der Waals surface area (Å²) < 4.78 is 32.2. The fraction of sp³-hybridized carbons (Fsp3) is 0.538. The van der Waals surface area contributed by atoms with Crippen LogP contribution in [0, 0.1) is 0 Å². The molecule has 0 bridgehead atoms. The van der Waals surface area contributed by atoms with E-state index in [2.05, 4.69) is 0 Å². The second-order valence-corrected chi connectivity index (χ2v) is 6.91. The molecule has 0 aliphatic carbocycles. The van der Waals surface area contributed by atoms with Gasteiger partial charge in [0.15, 0.2) is 0 Å². The van der Waals surface area contributed by atoms with Crippen molar-refractivity contribution >= 4 is 10.0 Å². The van der Waals surface area contributed by atoms with Crippen molar-refractivity contribution in [1.29, 1.82) is 0 Å². The summed E-state index contributed by atoms with van der Waals surface area (Å²) >= 11 is 0. The molecule has 0 saturated carbocycles. The number of benzene rings is 1. The summed E-state index contributed by atoms with van der Waals surface area (Å²) in [5.41, 5.74) is 6.64. The summed E-state index contributed by atoms with van der Waals surface area (Å²) in [4.78, 5) is 0.358. The molecule has 2 heterocycles. The van der Waals surface area contributed by atoms with E-state index in [0.717, 1.165) is 30.6 Å². The number of sulfonamides is 1. The monoisotopic (exact) mass is 282 g/mol. The third kappa shape index (κ3) is 2.13. The van der Waals surface area contributed by atoms with E-state index in [1.165, 1.54) is 0 Å². The highest BCUT2D eigenvalue weighted by molar-refractivity contribution is 7.89. The van der Waals surface area contributed by atoms with Gasteiger partial charge in [-0.25, -0.2) is 8.42 Å². The number of nitrogens with zero attached hydrogens (tertiary/aromatic N) is 1. The van der Waals surface area contributed by atoms with E-state index in [-0.39, 0.29) is 6.04 Å². The molecule has 2 aliphatic rings. The Morgan fingerprint density at radius 3 is 3.05 bits per heavy atom. The normalized spacial score (nSPS) is 23.3. The average Bonchev–Trinajstić information content (AvgIpc) is 3.06. The minimum atomic E-state index is -3.42. The van der Waals surface area contributed by atoms with Crippen molar-refractivity contribution in [2.24, 2.45) is 5.73 Å². The molecule has 2 N–H and O–H groups in total. The van der Waals surface area contributed by atoms with Crippen molar-refractivity contribution in [3.8, 4) is 5.75 Å². The smallest absolute Gasteiger partial charge is 0.243 e. The molecular formula is C13H18N2O3S. The third-order valence-corrected chi connectivity index (χ3v) is 5.81. The summed E-state index contributed by atoms with van der Waals surface area (Å²) in [5.74, 6) is 0.802. The largest absolute Gasteiger partial charge is 0.493 e. The molecule has 1 aromatic rings. The minimum Gasteiger partial charge on any atom is -0.493 e. The lowest BCUT2D eigenvalue weighted by Gasteiger charge is -2.23. The number of hydrogen-bond acceptors (Lipinski definition) is 4. The molecule has 3 rings (SSSR count). The van der Waals surface area contributed by atoms with Gasteiger partial charge in [-0.1, -0.05) is 0 Å². The van der Waals surface area contributed by atoms with Gasteiger partial charge >= 0.3 is 0 Å². The first-order valence-electron chi connectivity index (χ1n) is 6.60. The summed E-state index contributed by atoms with van der Waals surface area (Å²) in [6, 6.07) is 5.06. The van der Waals surface area contributed by atoms with Crippen LogP contribution < -0.4 is 10.5 Å². The Hall–Kier alpha value is -1.11. The van der Waals surface area contributed by atoms with Gasteiger partial charge in [0.05, 0.1) is 11.5 Å². The molecule has 6 heteroatoms. The van der Waals surface area contributed by atoms with Gasteiger partial charge in [-0.15, -0.1) is 0 Å². The maximum absolute atomic E-state index is 12.6. The van der Waals surface area contributed by atoms with Crippen LogP contribution in [0.4, 0.5) is 0 Å². The number of rotatable bonds is 3. The van der Waals surface area contributed by atoms with E-state index < -0.39 is 10.0 Å². The quantitative estimate of drug-likeness (QED) is 0.887. The maximum Gasteiger partial charge on any atom is 0.243 e. The predicted molar refractivity (Wildman–Crippen MR) is 71.6 cm³/mol. The summed E-state index contributed by atoms with van der Waals surface area (Å²) in [6.45, 7) is 1.58. The number of fused-ring (bicyclic) bond motifs is 1. The van der Waals surface area contributed by atoms with E-state index in [0.29, 0.717) is 24.6 Å². The molecular weight excluding hydrogens is 264 g/mol. The zero-order valence-electron chi connectivity index (χ0n) is 10.7. The van der Waals surface area contributed by atoms with Crippen LogP contribution >= 0.6 is 0 Å². The first-order chi connectivity index (χ1) is 9.13. The summed E-state index contributed by atoms with van der Waals surface area (Å²) in [6.07, 6.45) is 2.51. The Balaban J connectivity index is 1.96. The first-order valence-corrected chi connectivity index (χ1v) is 8.04. The van der Waals surface area contributed by atoms with Crippen LogP contribution in [0.3, 0.4) is 0 Å². The maximum atomic E-state index is 12.6. The number of nitrogens with two attached hydrogens (primary N) is 1. The number of ether oxygens (including phenoxy) is 1. The number of hydrogen-bond donors (Lipinski definition) is 1. The van der Waals surface area contributed by atoms with Gasteiger partial charge in [-0.05, 0) is 36.6 Å². The van der Waals surface area contributed by atoms with Gasteiger partial charge in [-0.2, -0.15) is 4.31 Å². The van der Waals surface area contributed by atoms with E-state index in [1.54, 1.807) is 22.5 Å². The molecule has 1 unspecified atom stereocenters. The predicted octanol–water partition coefficient (Wildman–Crippen LogP) is 0.733. The van der Waals surface area contributed by atoms with Crippen molar-refractivity contribution < 1.29 is 13.2 Å². The highest BCUT2D eigenvalue weighted by Crippen LogP contribution is 2.31. The molecule has 1 aromatic carbocycles. The molecule has 5 nitrogen and oxygen atoms in total. The fourth-order valence-electron chi connectivity index (χ4n) is 2.82. The molecule has 1 atom stereocenters. The Morgan fingerprint density at radius 2 is 2.26 bits per heavy atom. The van der Waals surface area contributed by atoms with Crippen LogP contribution in [0.2, 0.25) is 0 Å². The second kappa shape index (κ2) is 4.77. The minimum absolute atomic E-state index is 0.0606. The van der Waals surface area contributed by atoms with Crippen molar-refractivity contribution in [3.05, 3.63) is 23.8 Å². The lowest BCUT2D eigenvalue weighted by atomic mass is 10.2. The summed E-state index contributed by atoms with van der Waals surface area (Å²) in [5, 5.41) is 0. The van der Waals surface area contributed by atoms with Crippen LogP contribution in [0.15, 0.2) is 23.1 Å². The van der Waals surface area contributed by atoms with E-state index in [4.69, 9.17) is 10.5 Å².